The number of ether oxygens (including phenoxy) is 1. The first-order chi connectivity index (χ1) is 13.2. The van der Waals surface area contributed by atoms with E-state index in [0.29, 0.717) is 44.8 Å². The van der Waals surface area contributed by atoms with Crippen molar-refractivity contribution in [2.45, 2.75) is 44.3 Å². The maximum Gasteiger partial charge on any atom is 0.435 e. The van der Waals surface area contributed by atoms with Crippen molar-refractivity contribution >= 4 is 17.7 Å². The topological polar surface area (TPSA) is 84.4 Å². The predicted octanol–water partition coefficient (Wildman–Crippen LogP) is 2.24. The summed E-state index contributed by atoms with van der Waals surface area (Å²) in [5.74, 6) is 0.392. The van der Waals surface area contributed by atoms with Crippen LogP contribution in [0.2, 0.25) is 0 Å². The number of aromatic nitrogens is 2. The van der Waals surface area contributed by atoms with E-state index in [2.05, 4.69) is 15.5 Å². The molecule has 152 valence electrons. The molecule has 10 heteroatoms. The fourth-order valence-electron chi connectivity index (χ4n) is 4.29. The highest BCUT2D eigenvalue weighted by Gasteiger charge is 2.53. The third-order valence-electron chi connectivity index (χ3n) is 5.77. The van der Waals surface area contributed by atoms with Gasteiger partial charge in [0.05, 0.1) is 13.0 Å². The van der Waals surface area contributed by atoms with Crippen molar-refractivity contribution in [3.05, 3.63) is 17.8 Å². The van der Waals surface area contributed by atoms with Crippen LogP contribution in [0.3, 0.4) is 0 Å². The van der Waals surface area contributed by atoms with Gasteiger partial charge in [-0.2, -0.15) is 13.2 Å². The maximum absolute atomic E-state index is 12.5. The smallest absolute Gasteiger partial charge is 0.435 e. The Kier molecular flexibility index (Phi) is 4.67. The van der Waals surface area contributed by atoms with Gasteiger partial charge in [-0.3, -0.25) is 9.59 Å². The molecule has 1 aromatic heterocycles. The first-order valence-corrected chi connectivity index (χ1v) is 9.33. The lowest BCUT2D eigenvalue weighted by molar-refractivity contribution is -0.150. The van der Waals surface area contributed by atoms with E-state index in [9.17, 15) is 22.8 Å². The molecule has 1 aliphatic carbocycles. The van der Waals surface area contributed by atoms with Crippen molar-refractivity contribution in [1.82, 2.24) is 15.1 Å². The molecule has 0 unspecified atom stereocenters. The van der Waals surface area contributed by atoms with Gasteiger partial charge >= 0.3 is 12.1 Å². The SMILES string of the molecule is O=C1C[C@H](CCC(=O)N2CC3(CC(Nc4ccc(C(F)(F)F)nn4)C3)C2)CO1. The number of nitrogens with zero attached hydrogens (tertiary/aromatic N) is 3. The second kappa shape index (κ2) is 6.89. The van der Waals surface area contributed by atoms with Crippen LogP contribution in [0.4, 0.5) is 19.0 Å². The predicted molar refractivity (Wildman–Crippen MR) is 91.0 cm³/mol. The number of likely N-dealkylation sites (tertiary alicyclic amines) is 1. The number of alkyl halides is 3. The van der Waals surface area contributed by atoms with Crippen molar-refractivity contribution in [3.63, 3.8) is 0 Å². The Hall–Kier alpha value is -2.39. The maximum atomic E-state index is 12.5. The fourth-order valence-corrected chi connectivity index (χ4v) is 4.29. The standard InChI is InChI=1S/C18H21F3N4O3/c19-18(20,21)13-2-3-14(24-23-13)22-12-6-17(7-12)9-25(10-17)15(26)4-1-11-5-16(27)28-8-11/h2-3,11-12H,1,4-10H2,(H,22,24)/t11-/m0/s1. The van der Waals surface area contributed by atoms with Crippen LogP contribution in [0, 0.1) is 11.3 Å². The van der Waals surface area contributed by atoms with Gasteiger partial charge < -0.3 is 15.0 Å². The average molecular weight is 398 g/mol. The minimum absolute atomic E-state index is 0.106. The number of carbonyl (C=O) groups is 2. The van der Waals surface area contributed by atoms with Crippen LogP contribution in [-0.2, 0) is 20.5 Å². The van der Waals surface area contributed by atoms with Crippen molar-refractivity contribution in [1.29, 1.82) is 0 Å². The van der Waals surface area contributed by atoms with E-state index >= 15 is 0 Å². The van der Waals surface area contributed by atoms with E-state index in [-0.39, 0.29) is 29.3 Å². The van der Waals surface area contributed by atoms with Crippen LogP contribution in [0.1, 0.15) is 37.8 Å². The number of halogens is 3. The summed E-state index contributed by atoms with van der Waals surface area (Å²) in [6.07, 6.45) is -1.29. The average Bonchev–Trinajstić information content (AvgIpc) is 2.98. The molecule has 3 aliphatic rings. The first-order valence-electron chi connectivity index (χ1n) is 9.33. The molecule has 28 heavy (non-hydrogen) atoms. The van der Waals surface area contributed by atoms with E-state index in [4.69, 9.17) is 4.74 Å². The van der Waals surface area contributed by atoms with E-state index in [1.807, 2.05) is 4.90 Å². The Morgan fingerprint density at radius 2 is 2.04 bits per heavy atom. The monoisotopic (exact) mass is 398 g/mol. The molecule has 3 fully saturated rings. The molecule has 1 N–H and O–H groups in total. The number of amides is 1. The van der Waals surface area contributed by atoms with Gasteiger partial charge in [-0.1, -0.05) is 0 Å². The molecule has 1 amide bonds. The summed E-state index contributed by atoms with van der Waals surface area (Å²) >= 11 is 0. The lowest BCUT2D eigenvalue weighted by atomic mass is 9.60. The number of esters is 1. The molecule has 0 bridgehead atoms. The highest BCUT2D eigenvalue weighted by atomic mass is 19.4. The van der Waals surface area contributed by atoms with Crippen LogP contribution < -0.4 is 5.32 Å². The minimum atomic E-state index is -4.49. The number of rotatable bonds is 5. The summed E-state index contributed by atoms with van der Waals surface area (Å²) < 4.78 is 42.4. The molecule has 7 nitrogen and oxygen atoms in total. The molecule has 2 saturated heterocycles. The third kappa shape index (κ3) is 3.90. The molecule has 2 aliphatic heterocycles. The zero-order valence-corrected chi connectivity index (χ0v) is 15.2. The summed E-state index contributed by atoms with van der Waals surface area (Å²) in [5.41, 5.74) is -0.899. The highest BCUT2D eigenvalue weighted by Crippen LogP contribution is 2.49. The van der Waals surface area contributed by atoms with E-state index < -0.39 is 11.9 Å². The van der Waals surface area contributed by atoms with E-state index in [0.717, 1.165) is 18.9 Å². The molecule has 1 aromatic rings. The van der Waals surface area contributed by atoms with Crippen LogP contribution in [0.5, 0.6) is 0 Å². The summed E-state index contributed by atoms with van der Waals surface area (Å²) in [4.78, 5) is 25.2. The van der Waals surface area contributed by atoms with Crippen molar-refractivity contribution in [2.24, 2.45) is 11.3 Å². The second-order valence-electron chi connectivity index (χ2n) is 8.09. The summed E-state index contributed by atoms with van der Waals surface area (Å²) in [7, 11) is 0. The van der Waals surface area contributed by atoms with Crippen LogP contribution in [-0.4, -0.2) is 52.7 Å². The number of nitrogens with one attached hydrogen (secondary N) is 1. The van der Waals surface area contributed by atoms with Gasteiger partial charge in [-0.25, -0.2) is 0 Å². The highest BCUT2D eigenvalue weighted by molar-refractivity contribution is 5.77. The molecular weight excluding hydrogens is 377 g/mol. The van der Waals surface area contributed by atoms with Gasteiger partial charge in [0.15, 0.2) is 5.69 Å². The third-order valence-corrected chi connectivity index (χ3v) is 5.77. The van der Waals surface area contributed by atoms with Crippen molar-refractivity contribution in [3.8, 4) is 0 Å². The lowest BCUT2D eigenvalue weighted by Crippen LogP contribution is -2.66. The Balaban J connectivity index is 1.17. The number of hydrogen-bond acceptors (Lipinski definition) is 6. The number of anilines is 1. The van der Waals surface area contributed by atoms with Gasteiger partial charge in [0.1, 0.15) is 5.82 Å². The first kappa shape index (κ1) is 18.9. The van der Waals surface area contributed by atoms with Crippen LogP contribution in [0.15, 0.2) is 12.1 Å². The molecular formula is C18H21F3N4O3. The summed E-state index contributed by atoms with van der Waals surface area (Å²) in [6, 6.07) is 2.33. The molecule has 1 spiro atoms. The zero-order valence-electron chi connectivity index (χ0n) is 15.2. The van der Waals surface area contributed by atoms with Gasteiger partial charge in [0.2, 0.25) is 5.91 Å². The molecule has 1 saturated carbocycles. The van der Waals surface area contributed by atoms with E-state index in [1.54, 1.807) is 0 Å². The van der Waals surface area contributed by atoms with Crippen LogP contribution in [0.25, 0.3) is 0 Å². The summed E-state index contributed by atoms with van der Waals surface area (Å²) in [6.45, 7) is 1.84. The number of carbonyl (C=O) groups excluding carboxylic acids is 2. The van der Waals surface area contributed by atoms with Crippen molar-refractivity contribution in [2.75, 3.05) is 25.0 Å². The number of cyclic esters (lactones) is 1. The molecule has 3 heterocycles. The quantitative estimate of drug-likeness (QED) is 0.766. The van der Waals surface area contributed by atoms with Crippen LogP contribution >= 0.6 is 0 Å². The molecule has 0 radical (unpaired) electrons. The summed E-state index contributed by atoms with van der Waals surface area (Å²) in [5, 5.41) is 9.89. The zero-order chi connectivity index (χ0) is 19.9. The molecule has 4 rings (SSSR count). The van der Waals surface area contributed by atoms with Gasteiger partial charge in [-0.05, 0) is 31.4 Å². The van der Waals surface area contributed by atoms with Gasteiger partial charge in [-0.15, -0.1) is 10.2 Å². The Morgan fingerprint density at radius 3 is 2.61 bits per heavy atom. The number of hydrogen-bond donors (Lipinski definition) is 1. The molecule has 1 atom stereocenters. The van der Waals surface area contributed by atoms with Gasteiger partial charge in [0.25, 0.3) is 0 Å². The lowest BCUT2D eigenvalue weighted by Gasteiger charge is -2.59. The van der Waals surface area contributed by atoms with Crippen molar-refractivity contribution < 1.29 is 27.5 Å². The fraction of sp³-hybridized carbons (Fsp3) is 0.667. The minimum Gasteiger partial charge on any atom is -0.465 e. The molecule has 0 aromatic carbocycles. The largest absolute Gasteiger partial charge is 0.465 e. The Morgan fingerprint density at radius 1 is 1.29 bits per heavy atom. The normalized spacial score (nSPS) is 23.9. The Bertz CT molecular complexity index is 754. The Labute approximate surface area is 159 Å². The van der Waals surface area contributed by atoms with E-state index in [1.165, 1.54) is 6.07 Å². The van der Waals surface area contributed by atoms with Gasteiger partial charge in [0, 0.05) is 36.9 Å². The second-order valence-corrected chi connectivity index (χ2v) is 8.09.